The number of hydrogen-bond donors (Lipinski definition) is 1. The number of piperidine rings is 1. The molecule has 7 heteroatoms. The Hall–Kier alpha value is -2.54. The van der Waals surface area contributed by atoms with Gasteiger partial charge in [-0.15, -0.1) is 0 Å². The summed E-state index contributed by atoms with van der Waals surface area (Å²) in [6.45, 7) is 7.78. The molecule has 7 nitrogen and oxygen atoms in total. The smallest absolute Gasteiger partial charge is 0.165 e. The van der Waals surface area contributed by atoms with E-state index in [9.17, 15) is 0 Å². The van der Waals surface area contributed by atoms with Gasteiger partial charge in [-0.1, -0.05) is 11.6 Å². The van der Waals surface area contributed by atoms with Crippen LogP contribution in [0.1, 0.15) is 53.8 Å². The summed E-state index contributed by atoms with van der Waals surface area (Å²) in [4.78, 5) is 19.4. The molecule has 4 heterocycles. The average molecular weight is 352 g/mol. The van der Waals surface area contributed by atoms with Crippen LogP contribution in [0.2, 0.25) is 0 Å². The predicted octanol–water partition coefficient (Wildman–Crippen LogP) is 3.51. The molecule has 1 aliphatic rings. The molecule has 0 radical (unpaired) electrons. The van der Waals surface area contributed by atoms with Crippen LogP contribution in [0.15, 0.2) is 23.1 Å². The summed E-state index contributed by atoms with van der Waals surface area (Å²) < 4.78 is 5.31. The van der Waals surface area contributed by atoms with Crippen LogP contribution in [0.25, 0.3) is 11.4 Å². The van der Waals surface area contributed by atoms with Gasteiger partial charge in [-0.05, 0) is 46.2 Å². The zero-order valence-electron chi connectivity index (χ0n) is 15.5. The Labute approximate surface area is 152 Å². The lowest BCUT2D eigenvalue weighted by Crippen LogP contribution is -2.33. The lowest BCUT2D eigenvalue weighted by Gasteiger charge is -2.35. The number of nitrogens with one attached hydrogen (secondary N) is 1. The van der Waals surface area contributed by atoms with E-state index in [4.69, 9.17) is 9.51 Å². The highest BCUT2D eigenvalue weighted by atomic mass is 16.5. The van der Waals surface area contributed by atoms with Crippen molar-refractivity contribution in [3.8, 4) is 11.4 Å². The monoisotopic (exact) mass is 352 g/mol. The Morgan fingerprint density at radius 2 is 2.12 bits per heavy atom. The van der Waals surface area contributed by atoms with E-state index in [1.165, 1.54) is 12.8 Å². The van der Waals surface area contributed by atoms with Gasteiger partial charge < -0.3 is 9.51 Å². The second-order valence-electron chi connectivity index (χ2n) is 7.02. The highest BCUT2D eigenvalue weighted by Crippen LogP contribution is 2.33. The van der Waals surface area contributed by atoms with Crippen LogP contribution in [-0.4, -0.2) is 36.5 Å². The lowest BCUT2D eigenvalue weighted by molar-refractivity contribution is 0.135. The fourth-order valence-corrected chi connectivity index (χ4v) is 3.78. The number of aromatic nitrogens is 5. The van der Waals surface area contributed by atoms with Gasteiger partial charge in [-0.3, -0.25) is 4.90 Å². The molecule has 1 N–H and O–H groups in total. The van der Waals surface area contributed by atoms with Crippen molar-refractivity contribution >= 4 is 0 Å². The van der Waals surface area contributed by atoms with Crippen LogP contribution in [0, 0.1) is 20.8 Å². The molecule has 1 fully saturated rings. The Kier molecular flexibility index (Phi) is 4.55. The number of aryl methyl sites for hydroxylation is 3. The van der Waals surface area contributed by atoms with E-state index in [1.54, 1.807) is 6.33 Å². The van der Waals surface area contributed by atoms with Crippen LogP contribution < -0.4 is 0 Å². The van der Waals surface area contributed by atoms with Gasteiger partial charge in [0.1, 0.15) is 5.76 Å². The molecular weight excluding hydrogens is 328 g/mol. The Bertz CT molecular complexity index is 866. The second-order valence-corrected chi connectivity index (χ2v) is 7.02. The Morgan fingerprint density at radius 1 is 1.23 bits per heavy atom. The van der Waals surface area contributed by atoms with E-state index in [-0.39, 0.29) is 6.04 Å². The molecule has 0 bridgehead atoms. The minimum atomic E-state index is 0.285. The van der Waals surface area contributed by atoms with Gasteiger partial charge in [-0.25, -0.2) is 15.0 Å². The van der Waals surface area contributed by atoms with Gasteiger partial charge in [0.2, 0.25) is 0 Å². The maximum atomic E-state index is 5.31. The van der Waals surface area contributed by atoms with Crippen LogP contribution in [0.5, 0.6) is 0 Å². The molecular formula is C19H24N6O. The van der Waals surface area contributed by atoms with Crippen LogP contribution in [0.4, 0.5) is 0 Å². The van der Waals surface area contributed by atoms with E-state index < -0.39 is 0 Å². The van der Waals surface area contributed by atoms with Crippen molar-refractivity contribution in [1.29, 1.82) is 0 Å². The molecule has 0 aliphatic carbocycles. The van der Waals surface area contributed by atoms with E-state index >= 15 is 0 Å². The minimum absolute atomic E-state index is 0.285. The standard InChI is InChI=1S/C19H24N6O/c1-12-8-16(23-19(22-12)18-13(2)24-26-14(18)3)17-6-4-5-7-25(17)10-15-9-20-11-21-15/h8-9,11,17H,4-7,10H2,1-3H3,(H,20,21)/t17-/m1/s1. The minimum Gasteiger partial charge on any atom is -0.361 e. The molecule has 0 unspecified atom stereocenters. The number of rotatable bonds is 4. The molecule has 26 heavy (non-hydrogen) atoms. The third kappa shape index (κ3) is 3.26. The normalized spacial score (nSPS) is 18.3. The van der Waals surface area contributed by atoms with Crippen LogP contribution in [0.3, 0.4) is 0 Å². The quantitative estimate of drug-likeness (QED) is 0.773. The molecule has 3 aromatic rings. The zero-order valence-corrected chi connectivity index (χ0v) is 15.5. The van der Waals surface area contributed by atoms with Gasteiger partial charge >= 0.3 is 0 Å². The Morgan fingerprint density at radius 3 is 2.85 bits per heavy atom. The number of imidazole rings is 1. The summed E-state index contributed by atoms with van der Waals surface area (Å²) in [5.41, 5.74) is 4.92. The molecule has 136 valence electrons. The first kappa shape index (κ1) is 16.9. The van der Waals surface area contributed by atoms with Gasteiger partial charge in [0.15, 0.2) is 5.82 Å². The predicted molar refractivity (Wildman–Crippen MR) is 97.3 cm³/mol. The molecule has 0 saturated carbocycles. The average Bonchev–Trinajstić information content (AvgIpc) is 3.24. The van der Waals surface area contributed by atoms with Crippen molar-refractivity contribution in [3.63, 3.8) is 0 Å². The third-order valence-electron chi connectivity index (χ3n) is 5.01. The largest absolute Gasteiger partial charge is 0.361 e. The van der Waals surface area contributed by atoms with Gasteiger partial charge in [0.25, 0.3) is 0 Å². The van der Waals surface area contributed by atoms with Gasteiger partial charge in [-0.2, -0.15) is 0 Å². The van der Waals surface area contributed by atoms with E-state index in [2.05, 4.69) is 31.1 Å². The highest BCUT2D eigenvalue weighted by Gasteiger charge is 2.27. The summed E-state index contributed by atoms with van der Waals surface area (Å²) in [5.74, 6) is 1.47. The highest BCUT2D eigenvalue weighted by molar-refractivity contribution is 5.60. The topological polar surface area (TPSA) is 83.7 Å². The first-order valence-corrected chi connectivity index (χ1v) is 9.12. The van der Waals surface area contributed by atoms with E-state index in [1.807, 2.05) is 27.0 Å². The lowest BCUT2D eigenvalue weighted by atomic mass is 9.98. The first-order valence-electron chi connectivity index (χ1n) is 9.12. The van der Waals surface area contributed by atoms with Crippen molar-refractivity contribution < 1.29 is 4.52 Å². The van der Waals surface area contributed by atoms with E-state index in [0.717, 1.165) is 53.6 Å². The number of nitrogens with zero attached hydrogens (tertiary/aromatic N) is 5. The molecule has 1 aliphatic heterocycles. The fourth-order valence-electron chi connectivity index (χ4n) is 3.78. The van der Waals surface area contributed by atoms with Crippen molar-refractivity contribution in [2.45, 2.75) is 52.6 Å². The fraction of sp³-hybridized carbons (Fsp3) is 0.474. The summed E-state index contributed by atoms with van der Waals surface area (Å²) in [6, 6.07) is 2.39. The third-order valence-corrected chi connectivity index (χ3v) is 5.01. The van der Waals surface area contributed by atoms with Crippen molar-refractivity contribution in [2.75, 3.05) is 6.54 Å². The summed E-state index contributed by atoms with van der Waals surface area (Å²) in [5, 5.41) is 4.05. The number of hydrogen-bond acceptors (Lipinski definition) is 6. The number of H-pyrrole nitrogens is 1. The maximum absolute atomic E-state index is 5.31. The zero-order chi connectivity index (χ0) is 18.1. The second kappa shape index (κ2) is 6.99. The molecule has 0 spiro atoms. The Balaban J connectivity index is 1.69. The summed E-state index contributed by atoms with van der Waals surface area (Å²) in [7, 11) is 0. The summed E-state index contributed by atoms with van der Waals surface area (Å²) in [6.07, 6.45) is 7.16. The van der Waals surface area contributed by atoms with Gasteiger partial charge in [0, 0.05) is 24.1 Å². The number of likely N-dealkylation sites (tertiary alicyclic amines) is 1. The first-order chi connectivity index (χ1) is 12.6. The van der Waals surface area contributed by atoms with Crippen molar-refractivity contribution in [2.24, 2.45) is 0 Å². The van der Waals surface area contributed by atoms with E-state index in [0.29, 0.717) is 5.82 Å². The molecule has 3 aromatic heterocycles. The van der Waals surface area contributed by atoms with Crippen LogP contribution >= 0.6 is 0 Å². The molecule has 1 saturated heterocycles. The summed E-state index contributed by atoms with van der Waals surface area (Å²) >= 11 is 0. The van der Waals surface area contributed by atoms with Crippen molar-refractivity contribution in [1.82, 2.24) is 30.0 Å². The van der Waals surface area contributed by atoms with Gasteiger partial charge in [0.05, 0.1) is 29.3 Å². The molecule has 0 amide bonds. The SMILES string of the molecule is Cc1cc([C@H]2CCCCN2Cc2cnc[nH]2)nc(-c2c(C)noc2C)n1. The van der Waals surface area contributed by atoms with Crippen molar-refractivity contribution in [3.05, 3.63) is 47.1 Å². The molecule has 4 rings (SSSR count). The molecule has 1 atom stereocenters. The number of aromatic amines is 1. The maximum Gasteiger partial charge on any atom is 0.165 e. The van der Waals surface area contributed by atoms with Crippen LogP contribution in [-0.2, 0) is 6.54 Å². The molecule has 0 aromatic carbocycles.